The van der Waals surface area contributed by atoms with E-state index in [1.807, 2.05) is 18.7 Å². The zero-order valence-corrected chi connectivity index (χ0v) is 14.8. The molecule has 0 radical (unpaired) electrons. The summed E-state index contributed by atoms with van der Waals surface area (Å²) in [4.78, 5) is 24.2. The molecule has 0 aromatic rings. The number of hydrogen-bond acceptors (Lipinski definition) is 6. The number of carbonyl (C=O) groups is 2. The van der Waals surface area contributed by atoms with Crippen molar-refractivity contribution in [1.29, 1.82) is 0 Å². The van der Waals surface area contributed by atoms with Crippen molar-refractivity contribution in [3.8, 4) is 0 Å². The van der Waals surface area contributed by atoms with Crippen molar-refractivity contribution in [2.75, 3.05) is 52.5 Å². The molecule has 0 heterocycles. The number of amides is 2. The Balaban J connectivity index is -0.00000180. The van der Waals surface area contributed by atoms with Gasteiger partial charge in [-0.1, -0.05) is 0 Å². The van der Waals surface area contributed by atoms with Gasteiger partial charge in [0.2, 0.25) is 0 Å². The van der Waals surface area contributed by atoms with E-state index in [1.54, 1.807) is 0 Å². The summed E-state index contributed by atoms with van der Waals surface area (Å²) in [5, 5.41) is 5.08. The van der Waals surface area contributed by atoms with Gasteiger partial charge in [0.25, 0.3) is 0 Å². The molecule has 134 valence electrons. The molecular weight excluding hydrogens is 335 g/mol. The molecule has 0 unspecified atom stereocenters. The van der Waals surface area contributed by atoms with E-state index in [0.717, 1.165) is 0 Å². The normalized spacial score (nSPS) is 9.27. The number of rotatable bonds is 10. The lowest BCUT2D eigenvalue weighted by atomic mass is 10.4. The average Bonchev–Trinajstić information content (AvgIpc) is 2.39. The van der Waals surface area contributed by atoms with Crippen LogP contribution in [-0.2, 0) is 9.47 Å². The number of carbonyl (C=O) groups excluding carboxylic acids is 2. The van der Waals surface area contributed by atoms with E-state index in [2.05, 4.69) is 10.6 Å². The number of nitrogens with two attached hydrogens (primary N) is 1. The van der Waals surface area contributed by atoms with Crippen LogP contribution >= 0.6 is 24.8 Å². The second kappa shape index (κ2) is 18.1. The summed E-state index contributed by atoms with van der Waals surface area (Å²) >= 11 is 0. The molecule has 4 N–H and O–H groups in total. The number of hydrogen-bond donors (Lipinski definition) is 3. The van der Waals surface area contributed by atoms with Gasteiger partial charge in [-0.05, 0) is 13.8 Å². The number of alkyl carbamates (subject to hydrolysis) is 2. The number of nitrogens with one attached hydrogen (secondary N) is 2. The van der Waals surface area contributed by atoms with Gasteiger partial charge in [0, 0.05) is 39.3 Å². The molecule has 0 aliphatic heterocycles. The van der Waals surface area contributed by atoms with Crippen LogP contribution in [0.1, 0.15) is 13.8 Å². The van der Waals surface area contributed by atoms with Gasteiger partial charge in [-0.2, -0.15) is 0 Å². The van der Waals surface area contributed by atoms with Gasteiger partial charge in [0.15, 0.2) is 0 Å². The second-order valence-electron chi connectivity index (χ2n) is 3.96. The number of nitrogens with zero attached hydrogens (tertiary/aromatic N) is 1. The third kappa shape index (κ3) is 15.4. The van der Waals surface area contributed by atoms with Crippen molar-refractivity contribution in [1.82, 2.24) is 15.5 Å². The van der Waals surface area contributed by atoms with Crippen LogP contribution in [0.3, 0.4) is 0 Å². The van der Waals surface area contributed by atoms with Crippen molar-refractivity contribution in [3.05, 3.63) is 0 Å². The lowest BCUT2D eigenvalue weighted by Crippen LogP contribution is -2.37. The predicted molar refractivity (Wildman–Crippen MR) is 90.0 cm³/mol. The molecule has 2 amide bonds. The van der Waals surface area contributed by atoms with Gasteiger partial charge in [-0.25, -0.2) is 9.59 Å². The van der Waals surface area contributed by atoms with Gasteiger partial charge in [0.1, 0.15) is 13.2 Å². The zero-order valence-electron chi connectivity index (χ0n) is 13.1. The van der Waals surface area contributed by atoms with Crippen molar-refractivity contribution >= 4 is 37.0 Å². The summed E-state index contributed by atoms with van der Waals surface area (Å²) in [7, 11) is 0. The van der Waals surface area contributed by atoms with Crippen LogP contribution in [0.4, 0.5) is 9.59 Å². The Labute approximate surface area is 144 Å². The fourth-order valence-electron chi connectivity index (χ4n) is 1.44. The molecule has 10 heteroatoms. The molecule has 0 aromatic carbocycles. The molecule has 0 aliphatic rings. The standard InChI is InChI=1S/C12H26N4O4.2ClH/c1-3-14-11(17)19-9-7-16(6-5-13)8-10-20-12(18)15-4-2;;/h3-10,13H2,1-2H3,(H,14,17)(H,15,18);2*1H. The molecule has 0 fully saturated rings. The Bertz CT molecular complexity index is 262. The predicted octanol–water partition coefficient (Wildman–Crippen LogP) is 0.583. The summed E-state index contributed by atoms with van der Waals surface area (Å²) in [6.07, 6.45) is -0.863. The molecule has 0 spiro atoms. The first-order valence-electron chi connectivity index (χ1n) is 6.87. The van der Waals surface area contributed by atoms with Crippen molar-refractivity contribution in [2.45, 2.75) is 13.8 Å². The summed E-state index contributed by atoms with van der Waals surface area (Å²) in [5.74, 6) is 0. The molecular formula is C12H28Cl2N4O4. The fraction of sp³-hybridized carbons (Fsp3) is 0.833. The van der Waals surface area contributed by atoms with E-state index >= 15 is 0 Å². The fourth-order valence-corrected chi connectivity index (χ4v) is 1.44. The van der Waals surface area contributed by atoms with Gasteiger partial charge in [0.05, 0.1) is 0 Å². The molecule has 0 saturated heterocycles. The van der Waals surface area contributed by atoms with E-state index in [-0.39, 0.29) is 38.0 Å². The lowest BCUT2D eigenvalue weighted by molar-refractivity contribution is 0.108. The van der Waals surface area contributed by atoms with Crippen molar-refractivity contribution in [3.63, 3.8) is 0 Å². The third-order valence-electron chi connectivity index (χ3n) is 2.37. The van der Waals surface area contributed by atoms with Crippen LogP contribution in [0.25, 0.3) is 0 Å². The molecule has 0 rings (SSSR count). The number of ether oxygens (including phenoxy) is 2. The first kappa shape index (κ1) is 26.0. The molecule has 22 heavy (non-hydrogen) atoms. The molecule has 0 aliphatic carbocycles. The highest BCUT2D eigenvalue weighted by atomic mass is 35.5. The van der Waals surface area contributed by atoms with Crippen molar-refractivity contribution in [2.24, 2.45) is 5.73 Å². The quantitative estimate of drug-likeness (QED) is 0.524. The molecule has 0 atom stereocenters. The average molecular weight is 363 g/mol. The van der Waals surface area contributed by atoms with E-state index in [1.165, 1.54) is 0 Å². The van der Waals surface area contributed by atoms with Crippen LogP contribution in [0.15, 0.2) is 0 Å². The van der Waals surface area contributed by atoms with Crippen LogP contribution < -0.4 is 16.4 Å². The molecule has 0 bridgehead atoms. The van der Waals surface area contributed by atoms with Crippen LogP contribution in [-0.4, -0.2) is 69.6 Å². The monoisotopic (exact) mass is 362 g/mol. The smallest absolute Gasteiger partial charge is 0.407 e. The minimum Gasteiger partial charge on any atom is -0.448 e. The highest BCUT2D eigenvalue weighted by molar-refractivity contribution is 5.85. The molecule has 0 saturated carbocycles. The van der Waals surface area contributed by atoms with E-state index in [9.17, 15) is 9.59 Å². The Morgan fingerprint density at radius 2 is 1.32 bits per heavy atom. The van der Waals surface area contributed by atoms with E-state index in [0.29, 0.717) is 39.3 Å². The maximum atomic E-state index is 11.1. The maximum absolute atomic E-state index is 11.1. The first-order valence-corrected chi connectivity index (χ1v) is 6.87. The summed E-state index contributed by atoms with van der Waals surface area (Å²) in [6, 6.07) is 0. The lowest BCUT2D eigenvalue weighted by Gasteiger charge is -2.21. The first-order chi connectivity index (χ1) is 9.63. The summed E-state index contributed by atoms with van der Waals surface area (Å²) in [5.41, 5.74) is 5.51. The molecule has 0 aromatic heterocycles. The van der Waals surface area contributed by atoms with Gasteiger partial charge >= 0.3 is 12.2 Å². The Morgan fingerprint density at radius 3 is 1.64 bits per heavy atom. The second-order valence-corrected chi connectivity index (χ2v) is 3.96. The topological polar surface area (TPSA) is 106 Å². The van der Waals surface area contributed by atoms with Crippen LogP contribution in [0.5, 0.6) is 0 Å². The number of halogens is 2. The van der Waals surface area contributed by atoms with Gasteiger partial charge in [-0.3, -0.25) is 4.90 Å². The van der Waals surface area contributed by atoms with Gasteiger partial charge < -0.3 is 25.8 Å². The Morgan fingerprint density at radius 1 is 0.909 bits per heavy atom. The third-order valence-corrected chi connectivity index (χ3v) is 2.37. The minimum absolute atomic E-state index is 0. The van der Waals surface area contributed by atoms with Crippen LogP contribution in [0.2, 0.25) is 0 Å². The summed E-state index contributed by atoms with van der Waals surface area (Å²) in [6.45, 7) is 7.48. The highest BCUT2D eigenvalue weighted by Gasteiger charge is 2.07. The van der Waals surface area contributed by atoms with Crippen molar-refractivity contribution < 1.29 is 19.1 Å². The Kier molecular flexibility index (Phi) is 21.3. The minimum atomic E-state index is -0.432. The zero-order chi connectivity index (χ0) is 15.2. The Hall–Kier alpha value is -0.960. The maximum Gasteiger partial charge on any atom is 0.407 e. The summed E-state index contributed by atoms with van der Waals surface area (Å²) < 4.78 is 9.95. The van der Waals surface area contributed by atoms with Gasteiger partial charge in [-0.15, -0.1) is 24.8 Å². The largest absolute Gasteiger partial charge is 0.448 e. The van der Waals surface area contributed by atoms with E-state index < -0.39 is 12.2 Å². The van der Waals surface area contributed by atoms with Crippen LogP contribution in [0, 0.1) is 0 Å². The van der Waals surface area contributed by atoms with E-state index in [4.69, 9.17) is 15.2 Å². The highest BCUT2D eigenvalue weighted by Crippen LogP contribution is 1.90. The SMILES string of the molecule is CCNC(=O)OCCN(CCN)CCOC(=O)NCC.Cl.Cl. The molecule has 8 nitrogen and oxygen atoms in total.